The molecule has 1 N–H and O–H groups in total. The summed E-state index contributed by atoms with van der Waals surface area (Å²) >= 11 is 0. The summed E-state index contributed by atoms with van der Waals surface area (Å²) in [7, 11) is 0. The highest BCUT2D eigenvalue weighted by atomic mass is 19.4. The van der Waals surface area contributed by atoms with Gasteiger partial charge in [-0.15, -0.1) is 13.2 Å². The Bertz CT molecular complexity index is 1830. The molecule has 2 aromatic carbocycles. The third-order valence-electron chi connectivity index (χ3n) is 6.51. The molecule has 0 aliphatic carbocycles. The number of ether oxygens (including phenoxy) is 1. The molecule has 0 amide bonds. The quantitative estimate of drug-likeness (QED) is 0.267. The lowest BCUT2D eigenvalue weighted by molar-refractivity contribution is -0.274. The van der Waals surface area contributed by atoms with Gasteiger partial charge in [-0.05, 0) is 66.8 Å². The molecule has 188 valence electrons. The first-order chi connectivity index (χ1) is 18.3. The van der Waals surface area contributed by atoms with Crippen molar-refractivity contribution < 1.29 is 17.9 Å². The highest BCUT2D eigenvalue weighted by Crippen LogP contribution is 2.41. The van der Waals surface area contributed by atoms with Crippen LogP contribution in [0.2, 0.25) is 0 Å². The summed E-state index contributed by atoms with van der Waals surface area (Å²) in [5.41, 5.74) is 6.81. The third-order valence-corrected chi connectivity index (χ3v) is 6.51. The Morgan fingerprint density at radius 1 is 0.711 bits per heavy atom. The number of halogens is 3. The maximum absolute atomic E-state index is 12.9. The topological polar surface area (TPSA) is 76.6 Å². The largest absolute Gasteiger partial charge is 0.573 e. The zero-order valence-electron chi connectivity index (χ0n) is 20.3. The lowest BCUT2D eigenvalue weighted by Gasteiger charge is -2.17. The molecule has 0 aliphatic rings. The van der Waals surface area contributed by atoms with Gasteiger partial charge in [0.25, 0.3) is 0 Å². The Kier molecular flexibility index (Phi) is 5.56. The van der Waals surface area contributed by atoms with E-state index in [1.165, 1.54) is 18.5 Å². The van der Waals surface area contributed by atoms with E-state index >= 15 is 0 Å². The molecule has 4 heterocycles. The molecule has 0 spiro atoms. The smallest absolute Gasteiger partial charge is 0.406 e. The van der Waals surface area contributed by atoms with Gasteiger partial charge >= 0.3 is 6.36 Å². The highest BCUT2D eigenvalue weighted by molar-refractivity contribution is 6.07. The van der Waals surface area contributed by atoms with Crippen LogP contribution in [-0.4, -0.2) is 31.3 Å². The third kappa shape index (κ3) is 4.11. The predicted octanol–water partition coefficient (Wildman–Crippen LogP) is 7.42. The number of aromatic nitrogens is 5. The number of aromatic amines is 1. The molecule has 6 aromatic rings. The molecule has 0 unspecified atom stereocenters. The molecular weight excluding hydrogens is 491 g/mol. The second kappa shape index (κ2) is 8.95. The van der Waals surface area contributed by atoms with E-state index in [-0.39, 0.29) is 5.75 Å². The van der Waals surface area contributed by atoms with E-state index < -0.39 is 6.36 Å². The van der Waals surface area contributed by atoms with Crippen LogP contribution in [-0.2, 0) is 0 Å². The standard InChI is InChI=1S/C29H20F3N5O/c1-16-5-7-18(38-29(30,31)32)14-23(16)25-20-8-6-17(2)24(19(20)9-12-34-25)27-21(4-3-11-33-27)26-22-10-13-35-28(22)37-15-36-26/h3-15H,1-2H3,(H,35,36,37). The maximum atomic E-state index is 12.9. The molecule has 6 nitrogen and oxygen atoms in total. The summed E-state index contributed by atoms with van der Waals surface area (Å²) in [4.78, 5) is 21.3. The Labute approximate surface area is 215 Å². The van der Waals surface area contributed by atoms with Crippen molar-refractivity contribution in [1.82, 2.24) is 24.9 Å². The first-order valence-electron chi connectivity index (χ1n) is 11.8. The van der Waals surface area contributed by atoms with Crippen LogP contribution in [0.5, 0.6) is 5.75 Å². The van der Waals surface area contributed by atoms with Crippen molar-refractivity contribution in [3.8, 4) is 39.5 Å². The van der Waals surface area contributed by atoms with Crippen molar-refractivity contribution in [2.24, 2.45) is 0 Å². The Hall–Kier alpha value is -4.79. The number of H-pyrrole nitrogens is 1. The molecule has 4 aromatic heterocycles. The van der Waals surface area contributed by atoms with Crippen LogP contribution in [0.3, 0.4) is 0 Å². The van der Waals surface area contributed by atoms with Gasteiger partial charge in [0.1, 0.15) is 17.7 Å². The molecule has 0 saturated heterocycles. The van der Waals surface area contributed by atoms with E-state index in [0.29, 0.717) is 11.3 Å². The number of rotatable bonds is 4. The summed E-state index contributed by atoms with van der Waals surface area (Å²) in [6.45, 7) is 3.83. The second-order valence-electron chi connectivity index (χ2n) is 8.90. The van der Waals surface area contributed by atoms with E-state index in [0.717, 1.165) is 55.4 Å². The van der Waals surface area contributed by atoms with Crippen molar-refractivity contribution in [3.63, 3.8) is 0 Å². The SMILES string of the molecule is Cc1ccc(OC(F)(F)F)cc1-c1nccc2c(-c3ncccc3-c3ncnc4[nH]ccc34)c(C)ccc12. The first-order valence-corrected chi connectivity index (χ1v) is 11.8. The number of nitrogens with one attached hydrogen (secondary N) is 1. The predicted molar refractivity (Wildman–Crippen MR) is 139 cm³/mol. The zero-order valence-corrected chi connectivity index (χ0v) is 20.3. The normalized spacial score (nSPS) is 11.8. The van der Waals surface area contributed by atoms with Crippen molar-refractivity contribution >= 4 is 21.8 Å². The van der Waals surface area contributed by atoms with Gasteiger partial charge in [0.2, 0.25) is 0 Å². The van der Waals surface area contributed by atoms with Gasteiger partial charge in [-0.25, -0.2) is 9.97 Å². The fraction of sp³-hybridized carbons (Fsp3) is 0.103. The fourth-order valence-electron chi connectivity index (χ4n) is 4.83. The number of hydrogen-bond donors (Lipinski definition) is 1. The lowest BCUT2D eigenvalue weighted by Crippen LogP contribution is -2.17. The number of nitrogens with zero attached hydrogens (tertiary/aromatic N) is 4. The van der Waals surface area contributed by atoms with E-state index in [9.17, 15) is 13.2 Å². The van der Waals surface area contributed by atoms with E-state index in [1.807, 2.05) is 56.4 Å². The Morgan fingerprint density at radius 3 is 2.34 bits per heavy atom. The van der Waals surface area contributed by atoms with Crippen molar-refractivity contribution in [1.29, 1.82) is 0 Å². The number of benzene rings is 2. The summed E-state index contributed by atoms with van der Waals surface area (Å²) in [5.74, 6) is -0.296. The minimum Gasteiger partial charge on any atom is -0.406 e. The minimum absolute atomic E-state index is 0.296. The Morgan fingerprint density at radius 2 is 1.50 bits per heavy atom. The van der Waals surface area contributed by atoms with Gasteiger partial charge in [0.15, 0.2) is 0 Å². The van der Waals surface area contributed by atoms with Gasteiger partial charge in [-0.1, -0.05) is 18.2 Å². The summed E-state index contributed by atoms with van der Waals surface area (Å²) in [5, 5.41) is 2.53. The number of pyridine rings is 2. The van der Waals surface area contributed by atoms with Crippen LogP contribution < -0.4 is 4.74 Å². The number of aryl methyl sites for hydroxylation is 2. The zero-order chi connectivity index (χ0) is 26.4. The molecule has 0 fully saturated rings. The van der Waals surface area contributed by atoms with Gasteiger partial charge in [-0.3, -0.25) is 9.97 Å². The highest BCUT2D eigenvalue weighted by Gasteiger charge is 2.31. The minimum atomic E-state index is -4.79. The van der Waals surface area contributed by atoms with E-state index in [2.05, 4.69) is 24.7 Å². The maximum Gasteiger partial charge on any atom is 0.573 e. The number of alkyl halides is 3. The molecule has 0 radical (unpaired) electrons. The molecule has 0 atom stereocenters. The molecule has 0 saturated carbocycles. The average Bonchev–Trinajstić information content (AvgIpc) is 3.38. The van der Waals surface area contributed by atoms with Gasteiger partial charge < -0.3 is 9.72 Å². The van der Waals surface area contributed by atoms with Crippen molar-refractivity contribution in [2.75, 3.05) is 0 Å². The average molecular weight is 512 g/mol. The summed E-state index contributed by atoms with van der Waals surface area (Å²) in [6, 6.07) is 15.8. The molecule has 6 rings (SSSR count). The van der Waals surface area contributed by atoms with Crippen LogP contribution >= 0.6 is 0 Å². The molecular formula is C29H20F3N5O. The van der Waals surface area contributed by atoms with Crippen LogP contribution in [0.25, 0.3) is 55.6 Å². The number of hydrogen-bond acceptors (Lipinski definition) is 5. The Balaban J connectivity index is 1.59. The monoisotopic (exact) mass is 511 g/mol. The van der Waals surface area contributed by atoms with Crippen LogP contribution in [0.4, 0.5) is 13.2 Å². The molecule has 0 bridgehead atoms. The summed E-state index contributed by atoms with van der Waals surface area (Å²) in [6.07, 6.45) is 1.94. The van der Waals surface area contributed by atoms with Gasteiger partial charge in [0, 0.05) is 46.1 Å². The van der Waals surface area contributed by atoms with E-state index in [4.69, 9.17) is 4.98 Å². The van der Waals surface area contributed by atoms with Crippen molar-refractivity contribution in [2.45, 2.75) is 20.2 Å². The van der Waals surface area contributed by atoms with Crippen LogP contribution in [0.1, 0.15) is 11.1 Å². The van der Waals surface area contributed by atoms with Gasteiger partial charge in [-0.2, -0.15) is 0 Å². The van der Waals surface area contributed by atoms with Crippen LogP contribution in [0.15, 0.2) is 79.5 Å². The van der Waals surface area contributed by atoms with E-state index in [1.54, 1.807) is 18.5 Å². The summed E-state index contributed by atoms with van der Waals surface area (Å²) < 4.78 is 42.9. The van der Waals surface area contributed by atoms with Gasteiger partial charge in [0.05, 0.1) is 17.1 Å². The molecule has 9 heteroatoms. The lowest BCUT2D eigenvalue weighted by atomic mass is 9.91. The van der Waals surface area contributed by atoms with Crippen LogP contribution in [0, 0.1) is 13.8 Å². The first kappa shape index (κ1) is 23.6. The second-order valence-corrected chi connectivity index (χ2v) is 8.90. The number of fused-ring (bicyclic) bond motifs is 2. The fourth-order valence-corrected chi connectivity index (χ4v) is 4.83. The molecule has 0 aliphatic heterocycles. The molecule has 38 heavy (non-hydrogen) atoms. The van der Waals surface area contributed by atoms with Crippen molar-refractivity contribution in [3.05, 3.63) is 90.6 Å².